The van der Waals surface area contributed by atoms with Gasteiger partial charge in [-0.25, -0.2) is 14.4 Å². The summed E-state index contributed by atoms with van der Waals surface area (Å²) in [5.74, 6) is -0.368. The Morgan fingerprint density at radius 2 is 2.05 bits per heavy atom. The van der Waals surface area contributed by atoms with Gasteiger partial charge in [0, 0.05) is 20.2 Å². The molecule has 1 aromatic heterocycles. The summed E-state index contributed by atoms with van der Waals surface area (Å²) in [5, 5.41) is -0.972. The maximum Gasteiger partial charge on any atom is 0.269 e. The molecule has 2 atom stereocenters. The maximum atomic E-state index is 12.8. The Balaban J connectivity index is 2.22. The van der Waals surface area contributed by atoms with Crippen molar-refractivity contribution >= 4 is 16.1 Å². The largest absolute Gasteiger partial charge is 0.380 e. The monoisotopic (exact) mass is 291 g/mol. The van der Waals surface area contributed by atoms with E-state index in [9.17, 15) is 12.8 Å². The van der Waals surface area contributed by atoms with E-state index < -0.39 is 21.2 Å². The number of nitrogens with zero attached hydrogens (tertiary/aromatic N) is 3. The topological polar surface area (TPSA) is 92.6 Å². The second-order valence-corrected chi connectivity index (χ2v) is 6.03. The lowest BCUT2D eigenvalue weighted by atomic mass is 10.1. The molecular weight excluding hydrogens is 277 g/mol. The van der Waals surface area contributed by atoms with E-state index in [0.29, 0.717) is 6.54 Å². The van der Waals surface area contributed by atoms with Gasteiger partial charge in [0.2, 0.25) is 5.95 Å². The van der Waals surface area contributed by atoms with E-state index in [-0.39, 0.29) is 25.0 Å². The second kappa shape index (κ2) is 5.35. The average Bonchev–Trinajstić information content (AvgIpc) is 2.38. The van der Waals surface area contributed by atoms with Crippen LogP contribution in [-0.2, 0) is 14.9 Å². The van der Waals surface area contributed by atoms with Crippen LogP contribution in [0.25, 0.3) is 0 Å². The van der Waals surface area contributed by atoms with Gasteiger partial charge in [-0.05, 0) is 6.42 Å². The third-order valence-corrected chi connectivity index (χ3v) is 4.20. The van der Waals surface area contributed by atoms with Crippen LogP contribution in [0.15, 0.2) is 12.4 Å². The number of hydrogen-bond donors (Lipinski definition) is 1. The lowest BCUT2D eigenvalue weighted by Crippen LogP contribution is -2.49. The van der Waals surface area contributed by atoms with Gasteiger partial charge < -0.3 is 9.64 Å². The van der Waals surface area contributed by atoms with Gasteiger partial charge in [-0.15, -0.1) is 0 Å². The molecular formula is C10H14FN3O4S. The maximum absolute atomic E-state index is 12.8. The average molecular weight is 291 g/mol. The first kappa shape index (κ1) is 14.1. The highest BCUT2D eigenvalue weighted by atomic mass is 32.2. The Morgan fingerprint density at radius 3 is 2.58 bits per heavy atom. The van der Waals surface area contributed by atoms with Gasteiger partial charge in [0.25, 0.3) is 10.1 Å². The predicted molar refractivity (Wildman–Crippen MR) is 65.0 cm³/mol. The highest BCUT2D eigenvalue weighted by Gasteiger charge is 2.35. The molecule has 106 valence electrons. The molecule has 0 aromatic carbocycles. The lowest BCUT2D eigenvalue weighted by Gasteiger charge is -2.35. The summed E-state index contributed by atoms with van der Waals surface area (Å²) < 4.78 is 49.6. The van der Waals surface area contributed by atoms with Crippen molar-refractivity contribution in [1.82, 2.24) is 9.97 Å². The van der Waals surface area contributed by atoms with Crippen LogP contribution in [0.5, 0.6) is 0 Å². The molecule has 9 heteroatoms. The van der Waals surface area contributed by atoms with Crippen LogP contribution in [0, 0.1) is 5.82 Å². The van der Waals surface area contributed by atoms with E-state index in [0.717, 1.165) is 12.4 Å². The fourth-order valence-electron chi connectivity index (χ4n) is 2.03. The number of methoxy groups -OCH3 is 1. The standard InChI is InChI=1S/C10H14FN3O4S/c1-18-8-2-9(19(15,16)17)6-14(5-8)10-12-3-7(11)4-13-10/h3-4,8-9H,2,5-6H2,1H3,(H,15,16,17)/t8-,9+/m1/s1. The van der Waals surface area contributed by atoms with Crippen molar-refractivity contribution < 1.29 is 22.1 Å². The fraction of sp³-hybridized carbons (Fsp3) is 0.600. The van der Waals surface area contributed by atoms with Gasteiger partial charge in [-0.1, -0.05) is 0 Å². The van der Waals surface area contributed by atoms with Crippen LogP contribution in [0.1, 0.15) is 6.42 Å². The minimum atomic E-state index is -4.17. The summed E-state index contributed by atoms with van der Waals surface area (Å²) in [5.41, 5.74) is 0. The molecule has 1 aromatic rings. The van der Waals surface area contributed by atoms with E-state index in [1.54, 1.807) is 4.90 Å². The molecule has 7 nitrogen and oxygen atoms in total. The summed E-state index contributed by atoms with van der Waals surface area (Å²) in [6.07, 6.45) is 1.84. The SMILES string of the molecule is CO[C@@H]1C[C@H](S(=O)(=O)O)CN(c2ncc(F)cn2)C1. The van der Waals surface area contributed by atoms with Gasteiger partial charge in [0.15, 0.2) is 5.82 Å². The van der Waals surface area contributed by atoms with E-state index in [1.165, 1.54) is 7.11 Å². The molecule has 2 rings (SSSR count). The van der Waals surface area contributed by atoms with Crippen molar-refractivity contribution in [3.63, 3.8) is 0 Å². The van der Waals surface area contributed by atoms with Gasteiger partial charge in [-0.3, -0.25) is 4.55 Å². The highest BCUT2D eigenvalue weighted by Crippen LogP contribution is 2.21. The highest BCUT2D eigenvalue weighted by molar-refractivity contribution is 7.86. The van der Waals surface area contributed by atoms with Crippen LogP contribution < -0.4 is 4.90 Å². The molecule has 1 fully saturated rings. The van der Waals surface area contributed by atoms with Crippen LogP contribution in [0.3, 0.4) is 0 Å². The molecule has 0 spiro atoms. The van der Waals surface area contributed by atoms with Crippen LogP contribution >= 0.6 is 0 Å². The molecule has 1 aliphatic heterocycles. The van der Waals surface area contributed by atoms with E-state index in [2.05, 4.69) is 9.97 Å². The number of anilines is 1. The normalized spacial score (nSPS) is 24.5. The molecule has 0 aliphatic carbocycles. The number of halogens is 1. The number of piperidine rings is 1. The molecule has 0 unspecified atom stereocenters. The van der Waals surface area contributed by atoms with Crippen molar-refractivity contribution in [2.45, 2.75) is 17.8 Å². The summed E-state index contributed by atoms with van der Waals surface area (Å²) >= 11 is 0. The van der Waals surface area contributed by atoms with Crippen molar-refractivity contribution in [3.8, 4) is 0 Å². The predicted octanol–water partition coefficient (Wildman–Crippen LogP) is 0.0972. The molecule has 1 N–H and O–H groups in total. The number of ether oxygens (including phenoxy) is 1. The molecule has 0 amide bonds. The quantitative estimate of drug-likeness (QED) is 0.789. The third kappa shape index (κ3) is 3.37. The Kier molecular flexibility index (Phi) is 3.97. The van der Waals surface area contributed by atoms with E-state index in [1.807, 2.05) is 0 Å². The Bertz CT molecular complexity index is 536. The second-order valence-electron chi connectivity index (χ2n) is 4.34. The Hall–Kier alpha value is -1.32. The molecule has 1 saturated heterocycles. The first-order valence-electron chi connectivity index (χ1n) is 5.61. The molecule has 0 radical (unpaired) electrons. The van der Waals surface area contributed by atoms with Gasteiger partial charge in [0.1, 0.15) is 5.25 Å². The first-order valence-corrected chi connectivity index (χ1v) is 7.12. The third-order valence-electron chi connectivity index (χ3n) is 3.02. The minimum Gasteiger partial charge on any atom is -0.380 e. The van der Waals surface area contributed by atoms with Crippen molar-refractivity contribution in [2.75, 3.05) is 25.1 Å². The lowest BCUT2D eigenvalue weighted by molar-refractivity contribution is 0.0889. The Labute approximate surface area is 110 Å². The summed E-state index contributed by atoms with van der Waals surface area (Å²) in [4.78, 5) is 9.14. The summed E-state index contributed by atoms with van der Waals surface area (Å²) in [7, 11) is -2.71. The van der Waals surface area contributed by atoms with Crippen molar-refractivity contribution in [3.05, 3.63) is 18.2 Å². The van der Waals surface area contributed by atoms with Gasteiger partial charge in [-0.2, -0.15) is 8.42 Å². The van der Waals surface area contributed by atoms with Crippen molar-refractivity contribution in [1.29, 1.82) is 0 Å². The molecule has 0 bridgehead atoms. The van der Waals surface area contributed by atoms with E-state index in [4.69, 9.17) is 9.29 Å². The number of hydrogen-bond acceptors (Lipinski definition) is 6. The van der Waals surface area contributed by atoms with Crippen LogP contribution in [-0.4, -0.2) is 54.5 Å². The molecule has 2 heterocycles. The fourth-order valence-corrected chi connectivity index (χ4v) is 2.85. The number of aromatic nitrogens is 2. The summed E-state index contributed by atoms with van der Waals surface area (Å²) in [6, 6.07) is 0. The van der Waals surface area contributed by atoms with Gasteiger partial charge in [0.05, 0.1) is 18.5 Å². The zero-order valence-corrected chi connectivity index (χ0v) is 11.0. The molecule has 0 saturated carbocycles. The van der Waals surface area contributed by atoms with E-state index >= 15 is 0 Å². The Morgan fingerprint density at radius 1 is 1.42 bits per heavy atom. The van der Waals surface area contributed by atoms with Crippen LogP contribution in [0.4, 0.5) is 10.3 Å². The number of rotatable bonds is 3. The van der Waals surface area contributed by atoms with Crippen LogP contribution in [0.2, 0.25) is 0 Å². The van der Waals surface area contributed by atoms with Crippen molar-refractivity contribution in [2.24, 2.45) is 0 Å². The zero-order valence-electron chi connectivity index (χ0n) is 10.2. The van der Waals surface area contributed by atoms with Gasteiger partial charge >= 0.3 is 0 Å². The molecule has 1 aliphatic rings. The smallest absolute Gasteiger partial charge is 0.269 e. The summed E-state index contributed by atoms with van der Waals surface area (Å²) in [6.45, 7) is 0.429. The minimum absolute atomic E-state index is 0.0460. The zero-order chi connectivity index (χ0) is 14.0. The molecule has 19 heavy (non-hydrogen) atoms. The first-order chi connectivity index (χ1) is 8.90.